The lowest BCUT2D eigenvalue weighted by atomic mass is 10.1. The van der Waals surface area contributed by atoms with E-state index in [0.29, 0.717) is 0 Å². The predicted molar refractivity (Wildman–Crippen MR) is 76.7 cm³/mol. The van der Waals surface area contributed by atoms with Crippen LogP contribution in [0.1, 0.15) is 32.6 Å². The average Bonchev–Trinajstić information content (AvgIpc) is 2.39. The van der Waals surface area contributed by atoms with Crippen molar-refractivity contribution in [3.8, 4) is 0 Å². The lowest BCUT2D eigenvalue weighted by molar-refractivity contribution is 0.593. The Labute approximate surface area is 110 Å². The van der Waals surface area contributed by atoms with E-state index >= 15 is 0 Å². The van der Waals surface area contributed by atoms with Crippen molar-refractivity contribution in [3.63, 3.8) is 0 Å². The Kier molecular flexibility index (Phi) is 7.42. The zero-order valence-corrected chi connectivity index (χ0v) is 11.6. The quantitative estimate of drug-likeness (QED) is 0.677. The Morgan fingerprint density at radius 1 is 1.11 bits per heavy atom. The molecule has 0 aromatic heterocycles. The number of nitrogens with zero attached hydrogens (tertiary/aromatic N) is 1. The Morgan fingerprint density at radius 2 is 1.83 bits per heavy atom. The molecule has 0 aliphatic carbocycles. The van der Waals surface area contributed by atoms with Crippen LogP contribution in [0.5, 0.6) is 0 Å². The maximum atomic E-state index is 13.7. The fourth-order valence-electron chi connectivity index (χ4n) is 2.12. The normalized spacial score (nSPS) is 10.6. The van der Waals surface area contributed by atoms with Gasteiger partial charge in [-0.2, -0.15) is 0 Å². The van der Waals surface area contributed by atoms with E-state index in [1.807, 2.05) is 19.2 Å². The van der Waals surface area contributed by atoms with Gasteiger partial charge in [0, 0.05) is 13.1 Å². The standard InChI is InChI=1S/C15H25FN2/c1-3-18(13-9-5-4-8-12-17-2)15-11-7-6-10-14(15)16/h6-7,10-11,17H,3-5,8-9,12-13H2,1-2H3. The monoisotopic (exact) mass is 252 g/mol. The van der Waals surface area contributed by atoms with Crippen molar-refractivity contribution in [2.24, 2.45) is 0 Å². The number of anilines is 1. The second kappa shape index (κ2) is 8.92. The van der Waals surface area contributed by atoms with E-state index in [0.717, 1.165) is 31.7 Å². The molecule has 0 bridgehead atoms. The summed E-state index contributed by atoms with van der Waals surface area (Å²) in [6.07, 6.45) is 4.82. The van der Waals surface area contributed by atoms with Crippen molar-refractivity contribution in [1.29, 1.82) is 0 Å². The summed E-state index contributed by atoms with van der Waals surface area (Å²) in [6.45, 7) is 4.96. The molecule has 0 saturated heterocycles. The Hall–Kier alpha value is -1.09. The SMILES string of the molecule is CCN(CCCCCCNC)c1ccccc1F. The van der Waals surface area contributed by atoms with Gasteiger partial charge in [0.1, 0.15) is 5.82 Å². The highest BCUT2D eigenvalue weighted by Gasteiger charge is 2.08. The third kappa shape index (κ3) is 5.05. The summed E-state index contributed by atoms with van der Waals surface area (Å²) >= 11 is 0. The topological polar surface area (TPSA) is 15.3 Å². The highest BCUT2D eigenvalue weighted by Crippen LogP contribution is 2.19. The zero-order valence-electron chi connectivity index (χ0n) is 11.6. The molecule has 0 unspecified atom stereocenters. The van der Waals surface area contributed by atoms with Gasteiger partial charge in [0.25, 0.3) is 0 Å². The number of rotatable bonds is 9. The Morgan fingerprint density at radius 3 is 2.50 bits per heavy atom. The van der Waals surface area contributed by atoms with Crippen LogP contribution in [-0.4, -0.2) is 26.7 Å². The molecular formula is C15H25FN2. The third-order valence-corrected chi connectivity index (χ3v) is 3.18. The van der Waals surface area contributed by atoms with Crippen LogP contribution in [0.3, 0.4) is 0 Å². The van der Waals surface area contributed by atoms with Gasteiger partial charge in [-0.15, -0.1) is 0 Å². The minimum atomic E-state index is -0.116. The fourth-order valence-corrected chi connectivity index (χ4v) is 2.12. The summed E-state index contributed by atoms with van der Waals surface area (Å²) in [6, 6.07) is 7.03. The van der Waals surface area contributed by atoms with Crippen LogP contribution in [0.2, 0.25) is 0 Å². The van der Waals surface area contributed by atoms with E-state index in [1.165, 1.54) is 25.3 Å². The maximum absolute atomic E-state index is 13.7. The summed E-state index contributed by atoms with van der Waals surface area (Å²) in [4.78, 5) is 2.12. The molecule has 18 heavy (non-hydrogen) atoms. The molecule has 1 rings (SSSR count). The highest BCUT2D eigenvalue weighted by molar-refractivity contribution is 5.47. The van der Waals surface area contributed by atoms with Crippen LogP contribution in [0.4, 0.5) is 10.1 Å². The van der Waals surface area contributed by atoms with E-state index < -0.39 is 0 Å². The first-order valence-corrected chi connectivity index (χ1v) is 6.93. The van der Waals surface area contributed by atoms with Gasteiger partial charge >= 0.3 is 0 Å². The number of unbranched alkanes of at least 4 members (excludes halogenated alkanes) is 3. The van der Waals surface area contributed by atoms with E-state index in [9.17, 15) is 4.39 Å². The lowest BCUT2D eigenvalue weighted by Gasteiger charge is -2.23. The molecule has 1 aromatic rings. The molecule has 102 valence electrons. The van der Waals surface area contributed by atoms with Crippen LogP contribution in [0, 0.1) is 5.82 Å². The first-order chi connectivity index (χ1) is 8.79. The first-order valence-electron chi connectivity index (χ1n) is 6.93. The molecular weight excluding hydrogens is 227 g/mol. The molecule has 1 aromatic carbocycles. The number of hydrogen-bond acceptors (Lipinski definition) is 2. The Balaban J connectivity index is 2.32. The number of nitrogens with one attached hydrogen (secondary N) is 1. The predicted octanol–water partition coefficient (Wildman–Crippen LogP) is 3.43. The molecule has 0 amide bonds. The summed E-state index contributed by atoms with van der Waals surface area (Å²) in [5.41, 5.74) is 0.732. The zero-order chi connectivity index (χ0) is 13.2. The average molecular weight is 252 g/mol. The van der Waals surface area contributed by atoms with Crippen molar-refractivity contribution in [1.82, 2.24) is 5.32 Å². The molecule has 0 spiro atoms. The number of benzene rings is 1. The minimum absolute atomic E-state index is 0.116. The van der Waals surface area contributed by atoms with Crippen molar-refractivity contribution in [2.75, 3.05) is 31.6 Å². The van der Waals surface area contributed by atoms with Crippen molar-refractivity contribution in [3.05, 3.63) is 30.1 Å². The fraction of sp³-hybridized carbons (Fsp3) is 0.600. The largest absolute Gasteiger partial charge is 0.369 e. The second-order valence-electron chi connectivity index (χ2n) is 4.55. The summed E-state index contributed by atoms with van der Waals surface area (Å²) in [5.74, 6) is -0.116. The molecule has 0 saturated carbocycles. The Bertz CT molecular complexity index is 328. The number of para-hydroxylation sites is 1. The molecule has 0 radical (unpaired) electrons. The molecule has 0 heterocycles. The van der Waals surface area contributed by atoms with Crippen LogP contribution < -0.4 is 10.2 Å². The lowest BCUT2D eigenvalue weighted by Crippen LogP contribution is -2.24. The molecule has 0 aliphatic rings. The maximum Gasteiger partial charge on any atom is 0.146 e. The summed E-state index contributed by atoms with van der Waals surface area (Å²) < 4.78 is 13.7. The van der Waals surface area contributed by atoms with Crippen molar-refractivity contribution >= 4 is 5.69 Å². The minimum Gasteiger partial charge on any atom is -0.369 e. The first kappa shape index (κ1) is 15.0. The molecule has 3 heteroatoms. The van der Waals surface area contributed by atoms with Crippen molar-refractivity contribution in [2.45, 2.75) is 32.6 Å². The van der Waals surface area contributed by atoms with Gasteiger partial charge in [0.15, 0.2) is 0 Å². The summed E-state index contributed by atoms with van der Waals surface area (Å²) in [7, 11) is 1.98. The van der Waals surface area contributed by atoms with Crippen LogP contribution in [0.15, 0.2) is 24.3 Å². The molecule has 1 N–H and O–H groups in total. The van der Waals surface area contributed by atoms with Gasteiger partial charge in [0.05, 0.1) is 5.69 Å². The smallest absolute Gasteiger partial charge is 0.146 e. The van der Waals surface area contributed by atoms with E-state index in [-0.39, 0.29) is 5.82 Å². The van der Waals surface area contributed by atoms with Crippen LogP contribution in [0.25, 0.3) is 0 Å². The van der Waals surface area contributed by atoms with Gasteiger partial charge in [-0.05, 0) is 45.5 Å². The molecule has 2 nitrogen and oxygen atoms in total. The molecule has 0 atom stereocenters. The van der Waals surface area contributed by atoms with Crippen LogP contribution in [-0.2, 0) is 0 Å². The van der Waals surface area contributed by atoms with E-state index in [4.69, 9.17) is 0 Å². The van der Waals surface area contributed by atoms with Gasteiger partial charge in [-0.3, -0.25) is 0 Å². The number of halogens is 1. The summed E-state index contributed by atoms with van der Waals surface area (Å²) in [5, 5.41) is 3.15. The van der Waals surface area contributed by atoms with E-state index in [2.05, 4.69) is 17.1 Å². The van der Waals surface area contributed by atoms with Crippen LogP contribution >= 0.6 is 0 Å². The molecule has 0 aliphatic heterocycles. The van der Waals surface area contributed by atoms with E-state index in [1.54, 1.807) is 6.07 Å². The third-order valence-electron chi connectivity index (χ3n) is 3.18. The van der Waals surface area contributed by atoms with Gasteiger partial charge in [-0.1, -0.05) is 25.0 Å². The highest BCUT2D eigenvalue weighted by atomic mass is 19.1. The van der Waals surface area contributed by atoms with Gasteiger partial charge in [0.2, 0.25) is 0 Å². The second-order valence-corrected chi connectivity index (χ2v) is 4.55. The van der Waals surface area contributed by atoms with Gasteiger partial charge in [-0.25, -0.2) is 4.39 Å². The van der Waals surface area contributed by atoms with Gasteiger partial charge < -0.3 is 10.2 Å². The number of hydrogen-bond donors (Lipinski definition) is 1. The molecule has 0 fully saturated rings. The van der Waals surface area contributed by atoms with Crippen molar-refractivity contribution < 1.29 is 4.39 Å².